The van der Waals surface area contributed by atoms with Crippen LogP contribution in [0.4, 0.5) is 34.1 Å². The van der Waals surface area contributed by atoms with E-state index < -0.39 is 0 Å². The molecule has 0 saturated carbocycles. The van der Waals surface area contributed by atoms with E-state index in [0.29, 0.717) is 0 Å². The second-order valence-corrected chi connectivity index (χ2v) is 35.3. The fraction of sp³-hybridized carbons (Fsp3) is 0.0280. The third-order valence-corrected chi connectivity index (χ3v) is 29.1. The molecule has 0 N–H and O–H groups in total. The number of hydrogen-bond acceptors (Lipinski definition) is 6. The first-order valence-electron chi connectivity index (χ1n) is 40.5. The zero-order valence-electron chi connectivity index (χ0n) is 63.7. The van der Waals surface area contributed by atoms with E-state index >= 15 is 0 Å². The number of rotatable bonds is 5. The molecule has 4 aliphatic heterocycles. The molecule has 0 unspecified atom stereocenters. The summed E-state index contributed by atoms with van der Waals surface area (Å²) in [5.41, 5.74) is 36.3. The van der Waals surface area contributed by atoms with E-state index in [0.717, 1.165) is 83.3 Å². The van der Waals surface area contributed by atoms with E-state index in [2.05, 4.69) is 361 Å². The van der Waals surface area contributed by atoms with Crippen molar-refractivity contribution in [1.29, 1.82) is 0 Å². The highest BCUT2D eigenvalue weighted by Gasteiger charge is 2.46. The minimum atomic E-state index is -0.245. The summed E-state index contributed by atoms with van der Waals surface area (Å²) in [6.07, 6.45) is 0. The number of hydrogen-bond donors (Lipinski definition) is 0. The van der Waals surface area contributed by atoms with Crippen LogP contribution in [-0.4, -0.2) is 22.7 Å². The molecule has 28 rings (SSSR count). The molecule has 0 saturated heterocycles. The van der Waals surface area contributed by atoms with Crippen molar-refractivity contribution in [2.45, 2.75) is 20.8 Å². The number of aryl methyl sites for hydroxylation is 3. The maximum atomic E-state index is 6.98. The Morgan fingerprint density at radius 1 is 0.265 bits per heavy atom. The summed E-state index contributed by atoms with van der Waals surface area (Å²) in [7, 11) is 0. The van der Waals surface area contributed by atoms with Crippen LogP contribution in [0.5, 0.6) is 0 Å². The van der Waals surface area contributed by atoms with E-state index in [9.17, 15) is 0 Å². The van der Waals surface area contributed by atoms with Gasteiger partial charge in [-0.05, 0) is 265 Å². The minimum absolute atomic E-state index is 0.135. The van der Waals surface area contributed by atoms with Crippen LogP contribution in [-0.2, 0) is 0 Å². The number of fused-ring (bicyclic) bond motifs is 28. The van der Waals surface area contributed by atoms with Crippen molar-refractivity contribution in [3.63, 3.8) is 0 Å². The van der Waals surface area contributed by atoms with Crippen molar-refractivity contribution in [3.05, 3.63) is 338 Å². The van der Waals surface area contributed by atoms with Crippen molar-refractivity contribution >= 4 is 242 Å². The molecule has 18 aromatic carbocycles. The second-order valence-electron chi connectivity index (χ2n) is 33.1. The van der Waals surface area contributed by atoms with Crippen LogP contribution in [0.25, 0.3) is 205 Å². The van der Waals surface area contributed by atoms with Gasteiger partial charge in [-0.3, -0.25) is 0 Å². The number of thiophene rings is 2. The lowest BCUT2D eigenvalue weighted by molar-refractivity contribution is 0.669. The number of benzene rings is 18. The van der Waals surface area contributed by atoms with Crippen LogP contribution in [0.1, 0.15) is 16.7 Å². The molecule has 0 amide bonds. The van der Waals surface area contributed by atoms with Gasteiger partial charge in [0.2, 0.25) is 0 Å². The summed E-state index contributed by atoms with van der Waals surface area (Å²) in [6.45, 7) is 6.40. The number of furan rings is 2. The fourth-order valence-electron chi connectivity index (χ4n) is 22.0. The molecule has 6 aromatic heterocycles. The Kier molecular flexibility index (Phi) is 12.3. The highest BCUT2D eigenvalue weighted by Crippen LogP contribution is 2.54. The lowest BCUT2D eigenvalue weighted by Crippen LogP contribution is -2.56. The molecular formula is C107H62B2N4O2S2. The Bertz CT molecular complexity index is 8740. The maximum Gasteiger partial charge on any atom is 0.333 e. The van der Waals surface area contributed by atoms with Gasteiger partial charge >= 0.3 is 13.7 Å². The second kappa shape index (κ2) is 22.7. The summed E-state index contributed by atoms with van der Waals surface area (Å²) in [4.78, 5) is 5.20. The zero-order valence-corrected chi connectivity index (χ0v) is 65.3. The third kappa shape index (κ3) is 8.49. The standard InChI is InChI=1S/C107H62B2N4O2S2/c1-57-39-58(2)103(59(3)40-57)68-46-86-78-28-16-26-76-80-44-65-34-33-64(42-66(65)48-90(80)113(107(76)78)108-87-55-98-82(72-22-7-11-30-96(72)115-98)53-91(87)110(94(50-68)105(86)108)69-35-37-97-81(51-69)71-21-6-10-29-95(71)114-97)60-19-14-20-61(41-60)67-45-85-77-27-15-25-75-79-43-62-17-4-5-18-63(62)47-89(79)112(106(75)77)109-88-56-102-84(74-24-9-13-32-100(74)117-102)54-92(88)111(93(49-67)104(85)109)70-36-38-101-83(52-70)73-23-8-12-31-99(73)116-101/h4-56H,1-3H3. The molecule has 540 valence electrons. The molecule has 0 fully saturated rings. The first-order valence-corrected chi connectivity index (χ1v) is 42.2. The molecule has 6 nitrogen and oxygen atoms in total. The zero-order chi connectivity index (χ0) is 76.2. The molecule has 24 aromatic rings. The summed E-state index contributed by atoms with van der Waals surface area (Å²) in [5, 5.41) is 19.4. The highest BCUT2D eigenvalue weighted by molar-refractivity contribution is 7.26. The molecule has 10 heteroatoms. The van der Waals surface area contributed by atoms with Gasteiger partial charge in [0, 0.05) is 151 Å². The summed E-state index contributed by atoms with van der Waals surface area (Å²) < 4.78 is 24.2. The van der Waals surface area contributed by atoms with Crippen LogP contribution >= 0.6 is 22.7 Å². The van der Waals surface area contributed by atoms with Crippen molar-refractivity contribution in [2.24, 2.45) is 0 Å². The van der Waals surface area contributed by atoms with Gasteiger partial charge in [-0.25, -0.2) is 0 Å². The Morgan fingerprint density at radius 3 is 1.42 bits per heavy atom. The molecule has 0 aliphatic carbocycles. The van der Waals surface area contributed by atoms with Gasteiger partial charge in [-0.1, -0.05) is 181 Å². The monoisotopic (exact) mass is 1520 g/mol. The van der Waals surface area contributed by atoms with Crippen LogP contribution in [0.2, 0.25) is 0 Å². The van der Waals surface area contributed by atoms with Crippen LogP contribution < -0.4 is 31.7 Å². The van der Waals surface area contributed by atoms with Crippen molar-refractivity contribution in [1.82, 2.24) is 8.96 Å². The average molecular weight is 1520 g/mol. The van der Waals surface area contributed by atoms with E-state index in [1.807, 2.05) is 22.7 Å². The SMILES string of the molecule is Cc1cc(C)c(-c2cc3c4c(c2)N(c2ccc5oc6ccccc6c5c2)c2cc5c(cc2B4n2c4cc6cc(-c7cccc(-c8cc9c%10c(c8)N(c8ccc%11sc%12ccccc%12c%11c8)c8cc%11c(cc8B%10n8c%10cc%12ccccc%12cc%10c%10cccc-9c%108)sc8ccccc8%11)c7)ccc6cc4c4cccc-3c42)oc2ccccc25)c(C)c1. The summed E-state index contributed by atoms with van der Waals surface area (Å²) in [5.74, 6) is 0. The van der Waals surface area contributed by atoms with Gasteiger partial charge < -0.3 is 27.6 Å². The third-order valence-electron chi connectivity index (χ3n) is 26.8. The van der Waals surface area contributed by atoms with Crippen LogP contribution in [0.3, 0.4) is 0 Å². The molecular weight excluding hydrogens is 1460 g/mol. The van der Waals surface area contributed by atoms with Gasteiger partial charge in [-0.15, -0.1) is 22.7 Å². The number of anilines is 6. The van der Waals surface area contributed by atoms with Crippen molar-refractivity contribution in [3.8, 4) is 55.6 Å². The Balaban J connectivity index is 0.659. The molecule has 0 spiro atoms. The first-order chi connectivity index (χ1) is 57.7. The molecule has 0 radical (unpaired) electrons. The van der Waals surface area contributed by atoms with E-state index in [4.69, 9.17) is 8.83 Å². The Hall–Kier alpha value is -14.2. The van der Waals surface area contributed by atoms with Gasteiger partial charge in [0.1, 0.15) is 22.3 Å². The largest absolute Gasteiger partial charge is 0.456 e. The molecule has 10 heterocycles. The minimum Gasteiger partial charge on any atom is -0.456 e. The normalized spacial score (nSPS) is 13.4. The number of nitrogens with zero attached hydrogens (tertiary/aromatic N) is 4. The fourth-order valence-corrected chi connectivity index (χ4v) is 24.2. The van der Waals surface area contributed by atoms with Crippen LogP contribution in [0, 0.1) is 20.8 Å². The van der Waals surface area contributed by atoms with Gasteiger partial charge in [0.15, 0.2) is 0 Å². The molecule has 117 heavy (non-hydrogen) atoms. The quantitative estimate of drug-likeness (QED) is 0.161. The predicted molar refractivity (Wildman–Crippen MR) is 499 cm³/mol. The number of para-hydroxylation sites is 4. The molecule has 4 aliphatic rings. The van der Waals surface area contributed by atoms with Crippen molar-refractivity contribution < 1.29 is 8.83 Å². The summed E-state index contributed by atoms with van der Waals surface area (Å²) in [6, 6.07) is 123. The van der Waals surface area contributed by atoms with E-state index in [-0.39, 0.29) is 13.7 Å². The lowest BCUT2D eigenvalue weighted by atomic mass is 9.45. The maximum absolute atomic E-state index is 6.98. The van der Waals surface area contributed by atoms with Gasteiger partial charge in [0.25, 0.3) is 0 Å². The Morgan fingerprint density at radius 2 is 0.744 bits per heavy atom. The first kappa shape index (κ1) is 63.3. The van der Waals surface area contributed by atoms with Crippen molar-refractivity contribution in [2.75, 3.05) is 9.80 Å². The smallest absolute Gasteiger partial charge is 0.333 e. The van der Waals surface area contributed by atoms with Gasteiger partial charge in [-0.2, -0.15) is 0 Å². The number of aromatic nitrogens is 2. The average Bonchev–Trinajstić information content (AvgIpc) is 1.61. The topological polar surface area (TPSA) is 42.6 Å². The van der Waals surface area contributed by atoms with Crippen LogP contribution in [0.15, 0.2) is 330 Å². The molecule has 0 bridgehead atoms. The lowest BCUT2D eigenvalue weighted by Gasteiger charge is -2.41. The summed E-state index contributed by atoms with van der Waals surface area (Å²) >= 11 is 3.79. The highest BCUT2D eigenvalue weighted by atomic mass is 32.1. The Labute approximate surface area is 678 Å². The molecule has 0 atom stereocenters. The van der Waals surface area contributed by atoms with Gasteiger partial charge in [0.05, 0.1) is 0 Å². The van der Waals surface area contributed by atoms with E-state index in [1.165, 1.54) is 194 Å². The predicted octanol–water partition coefficient (Wildman–Crippen LogP) is 27.5. The van der Waals surface area contributed by atoms with E-state index in [1.54, 1.807) is 0 Å².